The third kappa shape index (κ3) is 5.13. The van der Waals surface area contributed by atoms with Crippen LogP contribution < -0.4 is 14.8 Å². The van der Waals surface area contributed by atoms with Gasteiger partial charge in [-0.05, 0) is 54.6 Å². The minimum absolute atomic E-state index is 0.0959. The average molecular weight is 485 g/mol. The predicted molar refractivity (Wildman–Crippen MR) is 123 cm³/mol. The van der Waals surface area contributed by atoms with Crippen molar-refractivity contribution < 1.29 is 22.4 Å². The number of anilines is 2. The molecule has 33 heavy (non-hydrogen) atoms. The molecule has 0 aliphatic carbocycles. The van der Waals surface area contributed by atoms with E-state index < -0.39 is 15.9 Å². The van der Waals surface area contributed by atoms with E-state index in [0.29, 0.717) is 16.3 Å². The smallest absolute Gasteiger partial charge is 0.313 e. The van der Waals surface area contributed by atoms with E-state index in [1.54, 1.807) is 36.4 Å². The van der Waals surface area contributed by atoms with Crippen LogP contribution in [0.15, 0.2) is 82.1 Å². The van der Waals surface area contributed by atoms with Gasteiger partial charge in [0.1, 0.15) is 10.6 Å². The first kappa shape index (κ1) is 22.3. The van der Waals surface area contributed by atoms with E-state index in [1.165, 1.54) is 37.4 Å². The van der Waals surface area contributed by atoms with Gasteiger partial charge in [-0.1, -0.05) is 29.8 Å². The molecule has 0 aliphatic heterocycles. The minimum Gasteiger partial charge on any atom is -0.495 e. The van der Waals surface area contributed by atoms with Crippen LogP contribution in [0.25, 0.3) is 11.5 Å². The third-order valence-corrected chi connectivity index (χ3v) is 6.10. The molecule has 1 aromatic heterocycles. The zero-order chi connectivity index (χ0) is 23.4. The van der Waals surface area contributed by atoms with E-state index in [2.05, 4.69) is 20.2 Å². The Morgan fingerprint density at radius 1 is 0.970 bits per heavy atom. The topological polar surface area (TPSA) is 123 Å². The molecule has 0 saturated carbocycles. The molecule has 0 atom stereocenters. The zero-order valence-corrected chi connectivity index (χ0v) is 18.7. The van der Waals surface area contributed by atoms with Crippen LogP contribution in [0, 0.1) is 0 Å². The molecule has 4 rings (SSSR count). The van der Waals surface area contributed by atoms with Gasteiger partial charge < -0.3 is 14.5 Å². The summed E-state index contributed by atoms with van der Waals surface area (Å²) in [5, 5.41) is 10.7. The second-order valence-electron chi connectivity index (χ2n) is 6.71. The molecule has 0 spiro atoms. The van der Waals surface area contributed by atoms with Gasteiger partial charge >= 0.3 is 11.8 Å². The third-order valence-electron chi connectivity index (χ3n) is 4.45. The van der Waals surface area contributed by atoms with Crippen LogP contribution in [0.5, 0.6) is 5.75 Å². The van der Waals surface area contributed by atoms with Crippen molar-refractivity contribution in [3.8, 4) is 17.2 Å². The molecule has 3 aromatic carbocycles. The number of amides is 1. The number of aromatic nitrogens is 2. The van der Waals surface area contributed by atoms with Crippen molar-refractivity contribution in [2.45, 2.75) is 4.90 Å². The maximum atomic E-state index is 13.0. The molecule has 0 bridgehead atoms. The molecule has 4 aromatic rings. The lowest BCUT2D eigenvalue weighted by Gasteiger charge is -2.13. The normalized spacial score (nSPS) is 11.1. The number of hydrogen-bond acceptors (Lipinski definition) is 7. The number of halogens is 1. The van der Waals surface area contributed by atoms with Gasteiger partial charge in [-0.15, -0.1) is 10.2 Å². The van der Waals surface area contributed by atoms with Gasteiger partial charge in [-0.25, -0.2) is 8.42 Å². The fraction of sp³-hybridized carbons (Fsp3) is 0.0455. The van der Waals surface area contributed by atoms with Crippen molar-refractivity contribution >= 4 is 38.9 Å². The van der Waals surface area contributed by atoms with Crippen LogP contribution in [0.2, 0.25) is 5.02 Å². The number of ether oxygens (including phenoxy) is 1. The Labute approximate surface area is 194 Å². The number of nitrogens with one attached hydrogen (secondary N) is 2. The summed E-state index contributed by atoms with van der Waals surface area (Å²) in [5.74, 6) is -0.679. The maximum absolute atomic E-state index is 13.0. The molecular weight excluding hydrogens is 468 g/mol. The first-order valence-corrected chi connectivity index (χ1v) is 11.4. The van der Waals surface area contributed by atoms with Crippen molar-refractivity contribution in [1.29, 1.82) is 0 Å². The van der Waals surface area contributed by atoms with Crippen molar-refractivity contribution in [3.05, 3.63) is 83.7 Å². The lowest BCUT2D eigenvalue weighted by Crippen LogP contribution is -2.16. The summed E-state index contributed by atoms with van der Waals surface area (Å²) in [6.45, 7) is 0. The minimum atomic E-state index is -4.04. The fourth-order valence-electron chi connectivity index (χ4n) is 2.89. The van der Waals surface area contributed by atoms with Gasteiger partial charge in [-0.3, -0.25) is 9.52 Å². The Bertz CT molecular complexity index is 1390. The summed E-state index contributed by atoms with van der Waals surface area (Å²) >= 11 is 5.85. The summed E-state index contributed by atoms with van der Waals surface area (Å²) in [6.07, 6.45) is 0. The fourth-order valence-corrected chi connectivity index (χ4v) is 4.27. The van der Waals surface area contributed by atoms with Crippen LogP contribution >= 0.6 is 11.6 Å². The number of hydrogen-bond donors (Lipinski definition) is 2. The summed E-state index contributed by atoms with van der Waals surface area (Å²) in [7, 11) is -2.70. The average Bonchev–Trinajstić information content (AvgIpc) is 3.32. The summed E-state index contributed by atoms with van der Waals surface area (Å²) in [5.41, 5.74) is 1.17. The van der Waals surface area contributed by atoms with Crippen molar-refractivity contribution in [1.82, 2.24) is 10.2 Å². The molecule has 0 unspecified atom stereocenters. The lowest BCUT2D eigenvalue weighted by atomic mass is 10.2. The molecule has 0 aliphatic rings. The van der Waals surface area contributed by atoms with Gasteiger partial charge in [0.05, 0.1) is 7.11 Å². The first-order chi connectivity index (χ1) is 15.9. The highest BCUT2D eigenvalue weighted by molar-refractivity contribution is 7.92. The van der Waals surface area contributed by atoms with Crippen molar-refractivity contribution in [2.75, 3.05) is 17.1 Å². The monoisotopic (exact) mass is 484 g/mol. The van der Waals surface area contributed by atoms with E-state index in [-0.39, 0.29) is 28.1 Å². The summed E-state index contributed by atoms with van der Waals surface area (Å²) in [4.78, 5) is 12.4. The van der Waals surface area contributed by atoms with Gasteiger partial charge in [0, 0.05) is 22.0 Å². The molecule has 168 valence electrons. The van der Waals surface area contributed by atoms with Crippen LogP contribution in [0.4, 0.5) is 11.4 Å². The molecule has 1 heterocycles. The van der Waals surface area contributed by atoms with Gasteiger partial charge in [-0.2, -0.15) is 0 Å². The van der Waals surface area contributed by atoms with E-state index in [0.717, 1.165) is 0 Å². The number of carbonyl (C=O) groups excluding carboxylic acids is 1. The van der Waals surface area contributed by atoms with E-state index in [1.807, 2.05) is 6.07 Å². The van der Waals surface area contributed by atoms with Crippen LogP contribution in [0.1, 0.15) is 10.7 Å². The molecule has 0 saturated heterocycles. The summed E-state index contributed by atoms with van der Waals surface area (Å²) < 4.78 is 39.0. The zero-order valence-electron chi connectivity index (χ0n) is 17.2. The number of nitrogens with zero attached hydrogens (tertiary/aromatic N) is 2. The second-order valence-corrected chi connectivity index (χ2v) is 8.80. The highest BCUT2D eigenvalue weighted by Gasteiger charge is 2.22. The Hall–Kier alpha value is -3.89. The molecule has 1 amide bonds. The SMILES string of the molecule is COc1ccc(NC(=O)c2nnc(-c3ccccc3)o2)cc1S(=O)(=O)Nc1ccc(Cl)cc1. The number of methoxy groups -OCH3 is 1. The van der Waals surface area contributed by atoms with Crippen molar-refractivity contribution in [2.24, 2.45) is 0 Å². The lowest BCUT2D eigenvalue weighted by molar-refractivity contribution is 0.0990. The van der Waals surface area contributed by atoms with Crippen molar-refractivity contribution in [3.63, 3.8) is 0 Å². The molecule has 0 radical (unpaired) electrons. The Morgan fingerprint density at radius 2 is 1.67 bits per heavy atom. The number of benzene rings is 3. The quantitative estimate of drug-likeness (QED) is 0.397. The van der Waals surface area contributed by atoms with Gasteiger partial charge in [0.2, 0.25) is 5.89 Å². The first-order valence-electron chi connectivity index (χ1n) is 9.52. The number of sulfonamides is 1. The Balaban J connectivity index is 1.57. The van der Waals surface area contributed by atoms with E-state index >= 15 is 0 Å². The highest BCUT2D eigenvalue weighted by atomic mass is 35.5. The van der Waals surface area contributed by atoms with Gasteiger partial charge in [0.15, 0.2) is 0 Å². The molecule has 11 heteroatoms. The Morgan fingerprint density at radius 3 is 2.36 bits per heavy atom. The van der Waals surface area contributed by atoms with Gasteiger partial charge in [0.25, 0.3) is 10.0 Å². The number of rotatable bonds is 7. The number of carbonyl (C=O) groups is 1. The standard InChI is InChI=1S/C22H17ClN4O5S/c1-31-18-12-11-17(13-19(18)33(29,30)27-16-9-7-15(23)8-10-16)24-20(28)22-26-25-21(32-22)14-5-3-2-4-6-14/h2-13,27H,1H3,(H,24,28). The van der Waals surface area contributed by atoms with Crippen LogP contribution in [-0.2, 0) is 10.0 Å². The largest absolute Gasteiger partial charge is 0.495 e. The van der Waals surface area contributed by atoms with Crippen LogP contribution in [-0.4, -0.2) is 31.6 Å². The van der Waals surface area contributed by atoms with E-state index in [4.69, 9.17) is 20.8 Å². The molecule has 2 N–H and O–H groups in total. The summed E-state index contributed by atoms with van der Waals surface area (Å²) in [6, 6.07) is 19.3. The predicted octanol–water partition coefficient (Wildman–Crippen LogP) is 4.45. The maximum Gasteiger partial charge on any atom is 0.313 e. The highest BCUT2D eigenvalue weighted by Crippen LogP contribution is 2.29. The molecule has 9 nitrogen and oxygen atoms in total. The second kappa shape index (κ2) is 9.31. The van der Waals surface area contributed by atoms with E-state index in [9.17, 15) is 13.2 Å². The Kier molecular flexibility index (Phi) is 6.29. The molecule has 0 fully saturated rings. The van der Waals surface area contributed by atoms with Crippen LogP contribution in [0.3, 0.4) is 0 Å². The molecular formula is C22H17ClN4O5S.